The highest BCUT2D eigenvalue weighted by atomic mass is 16.3. The highest BCUT2D eigenvalue weighted by Gasteiger charge is 2.22. The molecule has 2 nitrogen and oxygen atoms in total. The quantitative estimate of drug-likeness (QED) is 0.712. The van der Waals surface area contributed by atoms with Crippen LogP contribution >= 0.6 is 0 Å². The van der Waals surface area contributed by atoms with Crippen LogP contribution in [0.5, 0.6) is 0 Å². The van der Waals surface area contributed by atoms with Gasteiger partial charge in [-0.05, 0) is 38.6 Å². The first-order chi connectivity index (χ1) is 6.74. The minimum absolute atomic E-state index is 0.161. The lowest BCUT2D eigenvalue weighted by atomic mass is 9.83. The normalized spacial score (nSPS) is 30.2. The molecular weight excluding hydrogens is 174 g/mol. The Morgan fingerprint density at radius 3 is 2.71 bits per heavy atom. The Morgan fingerprint density at radius 2 is 2.07 bits per heavy atom. The van der Waals surface area contributed by atoms with Crippen LogP contribution in [0.1, 0.15) is 52.4 Å². The van der Waals surface area contributed by atoms with E-state index in [1.165, 1.54) is 32.1 Å². The molecule has 2 N–H and O–H groups in total. The fourth-order valence-electron chi connectivity index (χ4n) is 2.44. The molecule has 1 fully saturated rings. The van der Waals surface area contributed by atoms with Gasteiger partial charge in [0, 0.05) is 6.04 Å². The van der Waals surface area contributed by atoms with Crippen molar-refractivity contribution in [3.05, 3.63) is 0 Å². The second kappa shape index (κ2) is 6.41. The van der Waals surface area contributed by atoms with Crippen molar-refractivity contribution in [2.75, 3.05) is 6.54 Å². The molecule has 0 aromatic carbocycles. The van der Waals surface area contributed by atoms with Crippen molar-refractivity contribution < 1.29 is 5.11 Å². The first kappa shape index (κ1) is 12.0. The van der Waals surface area contributed by atoms with Gasteiger partial charge in [0.2, 0.25) is 0 Å². The van der Waals surface area contributed by atoms with Gasteiger partial charge in [-0.2, -0.15) is 0 Å². The summed E-state index contributed by atoms with van der Waals surface area (Å²) < 4.78 is 0. The molecule has 1 rings (SSSR count). The predicted octanol–water partition coefficient (Wildman–Crippen LogP) is 2.32. The fourth-order valence-corrected chi connectivity index (χ4v) is 2.44. The predicted molar refractivity (Wildman–Crippen MR) is 60.3 cm³/mol. The van der Waals surface area contributed by atoms with Crippen molar-refractivity contribution in [3.8, 4) is 0 Å². The van der Waals surface area contributed by atoms with Crippen LogP contribution in [-0.2, 0) is 0 Å². The number of nitrogens with one attached hydrogen (secondary N) is 1. The molecule has 14 heavy (non-hydrogen) atoms. The Bertz CT molecular complexity index is 147. The summed E-state index contributed by atoms with van der Waals surface area (Å²) in [7, 11) is 0. The maximum absolute atomic E-state index is 9.16. The van der Waals surface area contributed by atoms with Gasteiger partial charge in [0.05, 0.1) is 6.10 Å². The Labute approximate surface area is 88.1 Å². The third kappa shape index (κ3) is 3.97. The van der Waals surface area contributed by atoms with E-state index in [1.54, 1.807) is 0 Å². The van der Waals surface area contributed by atoms with Gasteiger partial charge in [-0.25, -0.2) is 0 Å². The first-order valence-electron chi connectivity index (χ1n) is 6.15. The van der Waals surface area contributed by atoms with Crippen LogP contribution in [0.4, 0.5) is 0 Å². The summed E-state index contributed by atoms with van der Waals surface area (Å²) >= 11 is 0. The molecule has 1 saturated carbocycles. The second-order valence-electron chi connectivity index (χ2n) is 4.65. The molecule has 0 saturated heterocycles. The van der Waals surface area contributed by atoms with Crippen molar-refractivity contribution in [1.29, 1.82) is 0 Å². The molecule has 0 spiro atoms. The Morgan fingerprint density at radius 1 is 1.36 bits per heavy atom. The molecule has 0 radical (unpaired) electrons. The zero-order chi connectivity index (χ0) is 10.4. The lowest BCUT2D eigenvalue weighted by Gasteiger charge is -2.31. The van der Waals surface area contributed by atoms with E-state index in [1.807, 2.05) is 6.92 Å². The molecule has 0 amide bonds. The van der Waals surface area contributed by atoms with Crippen LogP contribution in [0.25, 0.3) is 0 Å². The molecule has 0 aromatic heterocycles. The average molecular weight is 199 g/mol. The van der Waals surface area contributed by atoms with Crippen LogP contribution in [0.3, 0.4) is 0 Å². The maximum atomic E-state index is 9.16. The van der Waals surface area contributed by atoms with Gasteiger partial charge in [0.15, 0.2) is 0 Å². The summed E-state index contributed by atoms with van der Waals surface area (Å²) in [5.74, 6) is 0.873. The van der Waals surface area contributed by atoms with E-state index < -0.39 is 0 Å². The van der Waals surface area contributed by atoms with Crippen molar-refractivity contribution in [3.63, 3.8) is 0 Å². The molecule has 84 valence electrons. The summed E-state index contributed by atoms with van der Waals surface area (Å²) in [6.45, 7) is 5.12. The number of aliphatic hydroxyl groups excluding tert-OH is 1. The van der Waals surface area contributed by atoms with Crippen LogP contribution < -0.4 is 5.32 Å². The maximum Gasteiger partial charge on any atom is 0.0524 e. The fraction of sp³-hybridized carbons (Fsp3) is 1.00. The topological polar surface area (TPSA) is 32.3 Å². The number of rotatable bonds is 5. The van der Waals surface area contributed by atoms with Gasteiger partial charge >= 0.3 is 0 Å². The number of aliphatic hydroxyl groups is 1. The molecule has 1 aliphatic carbocycles. The van der Waals surface area contributed by atoms with Gasteiger partial charge in [-0.3, -0.25) is 0 Å². The zero-order valence-electron chi connectivity index (χ0n) is 9.63. The monoisotopic (exact) mass is 199 g/mol. The molecular formula is C12H25NO. The van der Waals surface area contributed by atoms with E-state index in [4.69, 9.17) is 5.11 Å². The Hall–Kier alpha value is -0.0800. The van der Waals surface area contributed by atoms with Crippen LogP contribution in [0.2, 0.25) is 0 Å². The molecule has 0 bridgehead atoms. The van der Waals surface area contributed by atoms with Crippen LogP contribution in [0, 0.1) is 5.92 Å². The van der Waals surface area contributed by atoms with E-state index in [0.717, 1.165) is 18.9 Å². The molecule has 0 aliphatic heterocycles. The Kier molecular flexibility index (Phi) is 5.49. The van der Waals surface area contributed by atoms with E-state index >= 15 is 0 Å². The third-order valence-corrected chi connectivity index (χ3v) is 3.40. The molecule has 1 aliphatic rings. The molecule has 0 aromatic rings. The molecule has 2 heteroatoms. The van der Waals surface area contributed by atoms with Crippen LogP contribution in [0.15, 0.2) is 0 Å². The van der Waals surface area contributed by atoms with Crippen LogP contribution in [-0.4, -0.2) is 23.8 Å². The van der Waals surface area contributed by atoms with Crippen molar-refractivity contribution in [2.24, 2.45) is 5.92 Å². The summed E-state index contributed by atoms with van der Waals surface area (Å²) in [6.07, 6.45) is 7.53. The molecule has 0 unspecified atom stereocenters. The van der Waals surface area contributed by atoms with Crippen molar-refractivity contribution >= 4 is 0 Å². The molecule has 0 heterocycles. The summed E-state index contributed by atoms with van der Waals surface area (Å²) in [6, 6.07) is 0.715. The smallest absolute Gasteiger partial charge is 0.0524 e. The van der Waals surface area contributed by atoms with Gasteiger partial charge in [0.1, 0.15) is 0 Å². The second-order valence-corrected chi connectivity index (χ2v) is 4.65. The van der Waals surface area contributed by atoms with Crippen molar-refractivity contribution in [1.82, 2.24) is 5.32 Å². The Balaban J connectivity index is 2.19. The third-order valence-electron chi connectivity index (χ3n) is 3.40. The van der Waals surface area contributed by atoms with Gasteiger partial charge in [0.25, 0.3) is 0 Å². The van der Waals surface area contributed by atoms with E-state index in [-0.39, 0.29) is 6.10 Å². The SMILES string of the molecule is CC[C@@H]1CCCC[C@H]1NCC[C@@H](C)O. The van der Waals surface area contributed by atoms with Gasteiger partial charge in [-0.1, -0.05) is 26.2 Å². The van der Waals surface area contributed by atoms with E-state index in [9.17, 15) is 0 Å². The molecule has 3 atom stereocenters. The van der Waals surface area contributed by atoms with Gasteiger partial charge < -0.3 is 10.4 Å². The minimum atomic E-state index is -0.161. The minimum Gasteiger partial charge on any atom is -0.393 e. The summed E-state index contributed by atoms with van der Waals surface area (Å²) in [4.78, 5) is 0. The summed E-state index contributed by atoms with van der Waals surface area (Å²) in [5, 5.41) is 12.8. The van der Waals surface area contributed by atoms with Gasteiger partial charge in [-0.15, -0.1) is 0 Å². The van der Waals surface area contributed by atoms with E-state index in [0.29, 0.717) is 6.04 Å². The van der Waals surface area contributed by atoms with E-state index in [2.05, 4.69) is 12.2 Å². The number of hydrogen-bond donors (Lipinski definition) is 2. The lowest BCUT2D eigenvalue weighted by molar-refractivity contribution is 0.175. The zero-order valence-corrected chi connectivity index (χ0v) is 9.63. The summed E-state index contributed by atoms with van der Waals surface area (Å²) in [5.41, 5.74) is 0. The number of hydrogen-bond acceptors (Lipinski definition) is 2. The standard InChI is InChI=1S/C12H25NO/c1-3-11-6-4-5-7-12(11)13-9-8-10(2)14/h10-14H,3-9H2,1-2H3/t10-,11-,12-/m1/s1. The largest absolute Gasteiger partial charge is 0.393 e. The highest BCUT2D eigenvalue weighted by Crippen LogP contribution is 2.26. The first-order valence-corrected chi connectivity index (χ1v) is 6.15. The lowest BCUT2D eigenvalue weighted by Crippen LogP contribution is -2.39. The van der Waals surface area contributed by atoms with Crippen molar-refractivity contribution in [2.45, 2.75) is 64.5 Å². The highest BCUT2D eigenvalue weighted by molar-refractivity contribution is 4.80. The average Bonchev–Trinajstić information content (AvgIpc) is 2.18.